The zero-order valence-electron chi connectivity index (χ0n) is 55.8. The molecule has 0 rings (SSSR count). The third-order valence-corrected chi connectivity index (χ3v) is 17.2. The first kappa shape index (κ1) is 79.9. The van der Waals surface area contributed by atoms with Crippen LogP contribution in [0.1, 0.15) is 425 Å². The van der Waals surface area contributed by atoms with Gasteiger partial charge in [-0.1, -0.05) is 379 Å². The van der Waals surface area contributed by atoms with Gasteiger partial charge in [0.1, 0.15) is 13.2 Å². The number of unbranched alkanes of at least 4 members (excludes halogenated alkanes) is 55. The number of ether oxygens (including phenoxy) is 3. The molecule has 0 bridgehead atoms. The summed E-state index contributed by atoms with van der Waals surface area (Å²) >= 11 is 0. The molecule has 1 atom stereocenters. The van der Waals surface area contributed by atoms with Crippen LogP contribution in [-0.4, -0.2) is 37.2 Å². The summed E-state index contributed by atoms with van der Waals surface area (Å²) in [5.74, 6) is -0.829. The molecule has 0 aromatic rings. The summed E-state index contributed by atoms with van der Waals surface area (Å²) in [5, 5.41) is 0. The fraction of sp³-hybridized carbons (Fsp3) is 0.908. The predicted octanol–water partition coefficient (Wildman–Crippen LogP) is 25.7. The minimum Gasteiger partial charge on any atom is -0.462 e. The molecule has 484 valence electrons. The summed E-state index contributed by atoms with van der Waals surface area (Å²) in [6, 6.07) is 0. The number of hydrogen-bond acceptors (Lipinski definition) is 6. The van der Waals surface area contributed by atoms with Gasteiger partial charge in [-0.3, -0.25) is 14.4 Å². The number of rotatable bonds is 70. The highest BCUT2D eigenvalue weighted by Crippen LogP contribution is 2.19. The van der Waals surface area contributed by atoms with E-state index in [1.807, 2.05) is 0 Å². The molecule has 0 aliphatic carbocycles. The van der Waals surface area contributed by atoms with E-state index in [-0.39, 0.29) is 31.1 Å². The van der Waals surface area contributed by atoms with Gasteiger partial charge in [-0.15, -0.1) is 0 Å². The van der Waals surface area contributed by atoms with Gasteiger partial charge in [0.15, 0.2) is 6.10 Å². The van der Waals surface area contributed by atoms with Crippen LogP contribution in [0, 0.1) is 0 Å². The standard InChI is InChI=1S/C76H144O6/c1-4-7-10-13-16-19-22-25-28-31-33-35-37-38-40-41-43-45-48-51-54-57-60-63-66-69-75(78)81-72-73(71-80-74(77)68-65-62-59-56-53-50-47-30-27-24-21-18-15-12-9-6-3)82-76(79)70-67-64-61-58-55-52-49-46-44-42-39-36-34-32-29-26-23-20-17-14-11-8-5-2/h23,26,32,34,73H,4-22,24-25,27-31,33,35-72H2,1-3H3/b26-23-,34-32-. The Kier molecular flexibility index (Phi) is 69.5. The normalized spacial score (nSPS) is 12.1. The van der Waals surface area contributed by atoms with Crippen LogP contribution in [0.15, 0.2) is 24.3 Å². The minimum atomic E-state index is -0.770. The van der Waals surface area contributed by atoms with Gasteiger partial charge in [-0.05, 0) is 51.4 Å². The van der Waals surface area contributed by atoms with E-state index >= 15 is 0 Å². The second kappa shape index (κ2) is 71.4. The minimum absolute atomic E-state index is 0.0649. The average molecular weight is 1150 g/mol. The molecule has 6 nitrogen and oxygen atoms in total. The lowest BCUT2D eigenvalue weighted by Crippen LogP contribution is -2.30. The Bertz CT molecular complexity index is 1320. The van der Waals surface area contributed by atoms with Crippen LogP contribution >= 0.6 is 0 Å². The second-order valence-electron chi connectivity index (χ2n) is 25.6. The maximum absolute atomic E-state index is 13.0. The zero-order valence-corrected chi connectivity index (χ0v) is 55.8. The molecule has 6 heteroatoms. The molecule has 0 N–H and O–H groups in total. The van der Waals surface area contributed by atoms with Crippen molar-refractivity contribution in [1.82, 2.24) is 0 Å². The summed E-state index contributed by atoms with van der Waals surface area (Å²) in [7, 11) is 0. The fourth-order valence-electron chi connectivity index (χ4n) is 11.6. The second-order valence-corrected chi connectivity index (χ2v) is 25.6. The van der Waals surface area contributed by atoms with Crippen molar-refractivity contribution in [1.29, 1.82) is 0 Å². The van der Waals surface area contributed by atoms with Gasteiger partial charge in [0.25, 0.3) is 0 Å². The molecule has 0 aromatic heterocycles. The maximum atomic E-state index is 13.0. The summed E-state index contributed by atoms with van der Waals surface area (Å²) in [6.07, 6.45) is 87.9. The van der Waals surface area contributed by atoms with E-state index in [0.29, 0.717) is 19.3 Å². The van der Waals surface area contributed by atoms with Crippen molar-refractivity contribution in [3.8, 4) is 0 Å². The number of esters is 3. The molecule has 0 amide bonds. The number of carbonyl (C=O) groups is 3. The topological polar surface area (TPSA) is 78.9 Å². The summed E-state index contributed by atoms with van der Waals surface area (Å²) in [4.78, 5) is 38.5. The molecule has 0 spiro atoms. The smallest absolute Gasteiger partial charge is 0.306 e. The third-order valence-electron chi connectivity index (χ3n) is 17.2. The molecule has 0 radical (unpaired) electrons. The molecular formula is C76H144O6. The van der Waals surface area contributed by atoms with E-state index in [4.69, 9.17) is 14.2 Å². The highest BCUT2D eigenvalue weighted by atomic mass is 16.6. The summed E-state index contributed by atoms with van der Waals surface area (Å²) in [5.41, 5.74) is 0. The van der Waals surface area contributed by atoms with E-state index in [1.54, 1.807) is 0 Å². The maximum Gasteiger partial charge on any atom is 0.306 e. The predicted molar refractivity (Wildman–Crippen MR) is 358 cm³/mol. The van der Waals surface area contributed by atoms with Crippen LogP contribution in [0.4, 0.5) is 0 Å². The number of allylic oxidation sites excluding steroid dienone is 4. The third kappa shape index (κ3) is 68.7. The van der Waals surface area contributed by atoms with Gasteiger partial charge in [0.2, 0.25) is 0 Å². The molecule has 0 aromatic carbocycles. The molecule has 0 heterocycles. The molecular weight excluding hydrogens is 1010 g/mol. The first-order valence-corrected chi connectivity index (χ1v) is 37.3. The van der Waals surface area contributed by atoms with Gasteiger partial charge < -0.3 is 14.2 Å². The van der Waals surface area contributed by atoms with E-state index < -0.39 is 6.10 Å². The van der Waals surface area contributed by atoms with Crippen LogP contribution in [0.3, 0.4) is 0 Å². The highest BCUT2D eigenvalue weighted by Gasteiger charge is 2.20. The van der Waals surface area contributed by atoms with Crippen molar-refractivity contribution in [3.63, 3.8) is 0 Å². The lowest BCUT2D eigenvalue weighted by atomic mass is 10.0. The monoisotopic (exact) mass is 1150 g/mol. The van der Waals surface area contributed by atoms with Gasteiger partial charge in [-0.25, -0.2) is 0 Å². The fourth-order valence-corrected chi connectivity index (χ4v) is 11.6. The Balaban J connectivity index is 4.25. The van der Waals surface area contributed by atoms with Crippen LogP contribution in [-0.2, 0) is 28.6 Å². The Morgan fingerprint density at radius 2 is 0.439 bits per heavy atom. The van der Waals surface area contributed by atoms with Gasteiger partial charge in [0.05, 0.1) is 0 Å². The Morgan fingerprint density at radius 3 is 0.671 bits per heavy atom. The lowest BCUT2D eigenvalue weighted by Gasteiger charge is -2.18. The molecule has 0 aliphatic rings. The van der Waals surface area contributed by atoms with E-state index in [0.717, 1.165) is 64.2 Å². The van der Waals surface area contributed by atoms with Crippen molar-refractivity contribution >= 4 is 17.9 Å². The number of carbonyl (C=O) groups excluding carboxylic acids is 3. The summed E-state index contributed by atoms with van der Waals surface area (Å²) < 4.78 is 17.0. The van der Waals surface area contributed by atoms with Crippen LogP contribution in [0.2, 0.25) is 0 Å². The SMILES string of the molecule is CCCCCCC/C=C\C/C=C\CCCCCCCCCCCCCC(=O)OC(COC(=O)CCCCCCCCCCCCCCCCCC)COC(=O)CCCCCCCCCCCCCCCCCCCCCCCCCCC. The van der Waals surface area contributed by atoms with Crippen molar-refractivity contribution in [3.05, 3.63) is 24.3 Å². The molecule has 0 saturated heterocycles. The Hall–Kier alpha value is -2.11. The molecule has 0 fully saturated rings. The van der Waals surface area contributed by atoms with Crippen LogP contribution in [0.5, 0.6) is 0 Å². The first-order chi connectivity index (χ1) is 40.5. The Labute approximate surface area is 513 Å². The van der Waals surface area contributed by atoms with Crippen molar-refractivity contribution in [2.45, 2.75) is 431 Å². The largest absolute Gasteiger partial charge is 0.462 e. The van der Waals surface area contributed by atoms with Gasteiger partial charge >= 0.3 is 17.9 Å². The first-order valence-electron chi connectivity index (χ1n) is 37.3. The van der Waals surface area contributed by atoms with Crippen molar-refractivity contribution < 1.29 is 28.6 Å². The molecule has 0 aliphatic heterocycles. The van der Waals surface area contributed by atoms with E-state index in [2.05, 4.69) is 45.1 Å². The average Bonchev–Trinajstić information content (AvgIpc) is 3.47. The van der Waals surface area contributed by atoms with Crippen LogP contribution in [0.25, 0.3) is 0 Å². The Morgan fingerprint density at radius 1 is 0.244 bits per heavy atom. The highest BCUT2D eigenvalue weighted by molar-refractivity contribution is 5.71. The van der Waals surface area contributed by atoms with E-state index in [9.17, 15) is 14.4 Å². The molecule has 1 unspecified atom stereocenters. The van der Waals surface area contributed by atoms with Crippen LogP contribution < -0.4 is 0 Å². The molecule has 0 saturated carbocycles. The quantitative estimate of drug-likeness (QED) is 0.0261. The van der Waals surface area contributed by atoms with E-state index in [1.165, 1.54) is 321 Å². The van der Waals surface area contributed by atoms with Gasteiger partial charge in [-0.2, -0.15) is 0 Å². The molecule has 82 heavy (non-hydrogen) atoms. The van der Waals surface area contributed by atoms with Crippen molar-refractivity contribution in [2.75, 3.05) is 13.2 Å². The zero-order chi connectivity index (χ0) is 59.2. The van der Waals surface area contributed by atoms with Gasteiger partial charge in [0, 0.05) is 19.3 Å². The number of hydrogen-bond donors (Lipinski definition) is 0. The lowest BCUT2D eigenvalue weighted by molar-refractivity contribution is -0.167. The van der Waals surface area contributed by atoms with Crippen molar-refractivity contribution in [2.24, 2.45) is 0 Å². The summed E-state index contributed by atoms with van der Waals surface area (Å²) in [6.45, 7) is 6.73.